The molecule has 5 nitrogen and oxygen atoms in total. The van der Waals surface area contributed by atoms with Crippen LogP contribution in [0.4, 0.5) is 22.0 Å². The minimum atomic E-state index is -4.91. The summed E-state index contributed by atoms with van der Waals surface area (Å²) in [5.74, 6) is -3.05. The summed E-state index contributed by atoms with van der Waals surface area (Å²) in [6.45, 7) is -1.67. The molecule has 2 aromatic rings. The van der Waals surface area contributed by atoms with Crippen molar-refractivity contribution in [3.8, 4) is 11.3 Å². The van der Waals surface area contributed by atoms with E-state index in [4.69, 9.17) is 10.2 Å². The van der Waals surface area contributed by atoms with E-state index < -0.39 is 48.1 Å². The molecule has 27 heavy (non-hydrogen) atoms. The minimum absolute atomic E-state index is 0.282. The lowest BCUT2D eigenvalue weighted by molar-refractivity contribution is -0.138. The highest BCUT2D eigenvalue weighted by atomic mass is 19.4. The summed E-state index contributed by atoms with van der Waals surface area (Å²) >= 11 is 0. The molecule has 0 spiro atoms. The van der Waals surface area contributed by atoms with Crippen molar-refractivity contribution in [2.75, 3.05) is 26.3 Å². The summed E-state index contributed by atoms with van der Waals surface area (Å²) in [6, 6.07) is 3.19. The van der Waals surface area contributed by atoms with Crippen LogP contribution in [0.2, 0.25) is 0 Å². The summed E-state index contributed by atoms with van der Waals surface area (Å²) in [7, 11) is 0. The fourth-order valence-electron chi connectivity index (χ4n) is 2.43. The minimum Gasteiger partial charge on any atom is -0.395 e. The number of aliphatic hydroxyl groups excluding tert-OH is 2. The molecule has 0 aliphatic rings. The van der Waals surface area contributed by atoms with Crippen LogP contribution >= 0.6 is 0 Å². The molecule has 1 aromatic heterocycles. The van der Waals surface area contributed by atoms with Crippen LogP contribution in [0.25, 0.3) is 11.3 Å². The molecule has 0 aliphatic heterocycles. The summed E-state index contributed by atoms with van der Waals surface area (Å²) in [6.07, 6.45) is -4.52. The van der Waals surface area contributed by atoms with Gasteiger partial charge >= 0.3 is 6.18 Å². The Bertz CT molecular complexity index is 821. The molecule has 1 aromatic carbocycles. The first-order valence-corrected chi connectivity index (χ1v) is 7.72. The molecule has 1 heterocycles. The third kappa shape index (κ3) is 4.77. The van der Waals surface area contributed by atoms with Crippen LogP contribution in [0.15, 0.2) is 30.5 Å². The molecular weight excluding hydrogens is 375 g/mol. The molecule has 0 fully saturated rings. The lowest BCUT2D eigenvalue weighted by Crippen LogP contribution is -2.37. The lowest BCUT2D eigenvalue weighted by Gasteiger charge is -2.23. The second kappa shape index (κ2) is 8.40. The lowest BCUT2D eigenvalue weighted by atomic mass is 10.0. The fourth-order valence-corrected chi connectivity index (χ4v) is 2.43. The third-order valence-electron chi connectivity index (χ3n) is 3.67. The average Bonchev–Trinajstić information content (AvgIpc) is 2.59. The predicted octanol–water partition coefficient (Wildman–Crippen LogP) is 2.47. The summed E-state index contributed by atoms with van der Waals surface area (Å²) in [4.78, 5) is 16.9. The van der Waals surface area contributed by atoms with Crippen molar-refractivity contribution in [2.45, 2.75) is 6.18 Å². The van der Waals surface area contributed by atoms with Crippen molar-refractivity contribution in [3.63, 3.8) is 0 Å². The number of pyridine rings is 1. The van der Waals surface area contributed by atoms with Crippen LogP contribution in [0.5, 0.6) is 0 Å². The van der Waals surface area contributed by atoms with E-state index >= 15 is 0 Å². The molecule has 2 rings (SSSR count). The quantitative estimate of drug-likeness (QED) is 0.744. The van der Waals surface area contributed by atoms with Crippen molar-refractivity contribution in [2.24, 2.45) is 0 Å². The first kappa shape index (κ1) is 20.7. The average molecular weight is 390 g/mol. The Morgan fingerprint density at radius 1 is 1.07 bits per heavy atom. The Hall–Kier alpha value is -2.59. The molecule has 0 saturated heterocycles. The van der Waals surface area contributed by atoms with E-state index in [1.54, 1.807) is 0 Å². The Morgan fingerprint density at radius 3 is 2.22 bits per heavy atom. The van der Waals surface area contributed by atoms with E-state index in [-0.39, 0.29) is 24.3 Å². The van der Waals surface area contributed by atoms with Crippen LogP contribution in [0.1, 0.15) is 15.9 Å². The van der Waals surface area contributed by atoms with Gasteiger partial charge in [0.2, 0.25) is 0 Å². The van der Waals surface area contributed by atoms with Crippen molar-refractivity contribution < 1.29 is 37.0 Å². The highest BCUT2D eigenvalue weighted by Gasteiger charge is 2.37. The monoisotopic (exact) mass is 390 g/mol. The zero-order valence-electron chi connectivity index (χ0n) is 13.8. The molecule has 10 heteroatoms. The molecule has 1 amide bonds. The van der Waals surface area contributed by atoms with E-state index in [1.165, 1.54) is 0 Å². The maximum absolute atomic E-state index is 13.9. The summed E-state index contributed by atoms with van der Waals surface area (Å²) in [5, 5.41) is 18.0. The van der Waals surface area contributed by atoms with Gasteiger partial charge in [0, 0.05) is 30.9 Å². The molecule has 0 bridgehead atoms. The van der Waals surface area contributed by atoms with Crippen molar-refractivity contribution in [3.05, 3.63) is 53.2 Å². The first-order chi connectivity index (χ1) is 12.7. The van der Waals surface area contributed by atoms with E-state index in [9.17, 15) is 26.7 Å². The van der Waals surface area contributed by atoms with Gasteiger partial charge in [0.1, 0.15) is 11.6 Å². The molecule has 0 aliphatic carbocycles. The number of carbonyl (C=O) groups excluding carboxylic acids is 1. The first-order valence-electron chi connectivity index (χ1n) is 7.72. The van der Waals surface area contributed by atoms with Gasteiger partial charge in [-0.25, -0.2) is 8.78 Å². The molecule has 0 radical (unpaired) electrons. The van der Waals surface area contributed by atoms with Gasteiger partial charge in [-0.3, -0.25) is 9.78 Å². The van der Waals surface area contributed by atoms with Gasteiger partial charge in [-0.15, -0.1) is 0 Å². The van der Waals surface area contributed by atoms with Gasteiger partial charge in [-0.05, 0) is 18.2 Å². The van der Waals surface area contributed by atoms with Crippen molar-refractivity contribution in [1.82, 2.24) is 9.88 Å². The van der Waals surface area contributed by atoms with E-state index in [1.807, 2.05) is 0 Å². The van der Waals surface area contributed by atoms with E-state index in [2.05, 4.69) is 4.98 Å². The zero-order valence-corrected chi connectivity index (χ0v) is 13.8. The highest BCUT2D eigenvalue weighted by molar-refractivity contribution is 5.96. The topological polar surface area (TPSA) is 73.7 Å². The predicted molar refractivity (Wildman–Crippen MR) is 84.7 cm³/mol. The van der Waals surface area contributed by atoms with Gasteiger partial charge in [-0.1, -0.05) is 0 Å². The molecule has 0 atom stereocenters. The Balaban J connectivity index is 2.59. The van der Waals surface area contributed by atoms with E-state index in [0.29, 0.717) is 12.3 Å². The number of alkyl halides is 3. The van der Waals surface area contributed by atoms with E-state index in [0.717, 1.165) is 23.1 Å². The number of amides is 1. The largest absolute Gasteiger partial charge is 0.418 e. The second-order valence-electron chi connectivity index (χ2n) is 5.48. The number of benzene rings is 1. The van der Waals surface area contributed by atoms with Crippen molar-refractivity contribution in [1.29, 1.82) is 0 Å². The fraction of sp³-hybridized carbons (Fsp3) is 0.294. The van der Waals surface area contributed by atoms with Gasteiger partial charge in [-0.2, -0.15) is 13.2 Å². The number of hydrogen-bond donors (Lipinski definition) is 2. The zero-order chi connectivity index (χ0) is 20.2. The number of rotatable bonds is 6. The standard InChI is InChI=1S/C17H15F5N2O3/c18-10-1-2-11(14(19)7-10)15-8-12(13(9-23-15)17(20,21)22)16(27)24(3-5-25)4-6-26/h1-2,7-9,25-26H,3-6H2. The number of nitrogens with zero attached hydrogens (tertiary/aromatic N) is 2. The van der Waals surface area contributed by atoms with Crippen molar-refractivity contribution >= 4 is 5.91 Å². The molecule has 0 saturated carbocycles. The SMILES string of the molecule is O=C(c1cc(-c2ccc(F)cc2F)ncc1C(F)(F)F)N(CCO)CCO. The van der Waals surface area contributed by atoms with Gasteiger partial charge in [0.25, 0.3) is 5.91 Å². The van der Waals surface area contributed by atoms with Gasteiger partial charge in [0.05, 0.1) is 30.0 Å². The number of aromatic nitrogens is 1. The maximum Gasteiger partial charge on any atom is 0.418 e. The van der Waals surface area contributed by atoms with Crippen LogP contribution in [0, 0.1) is 11.6 Å². The Morgan fingerprint density at radius 2 is 1.70 bits per heavy atom. The normalized spacial score (nSPS) is 11.5. The Kier molecular flexibility index (Phi) is 6.45. The second-order valence-corrected chi connectivity index (χ2v) is 5.48. The van der Waals surface area contributed by atoms with Crippen LogP contribution < -0.4 is 0 Å². The number of carbonyl (C=O) groups is 1. The number of halogens is 5. The van der Waals surface area contributed by atoms with Crippen LogP contribution in [0.3, 0.4) is 0 Å². The van der Waals surface area contributed by atoms with Gasteiger partial charge < -0.3 is 15.1 Å². The van der Waals surface area contributed by atoms with Crippen LogP contribution in [-0.4, -0.2) is 52.3 Å². The summed E-state index contributed by atoms with van der Waals surface area (Å²) < 4.78 is 66.8. The van der Waals surface area contributed by atoms with Crippen LogP contribution in [-0.2, 0) is 6.18 Å². The summed E-state index contributed by atoms with van der Waals surface area (Å²) in [5.41, 5.74) is -2.75. The smallest absolute Gasteiger partial charge is 0.395 e. The third-order valence-corrected chi connectivity index (χ3v) is 3.67. The molecule has 146 valence electrons. The molecule has 0 unspecified atom stereocenters. The number of hydrogen-bond acceptors (Lipinski definition) is 4. The maximum atomic E-state index is 13.9. The molecule has 2 N–H and O–H groups in total. The highest BCUT2D eigenvalue weighted by Crippen LogP contribution is 2.34. The number of aliphatic hydroxyl groups is 2. The van der Waals surface area contributed by atoms with Gasteiger partial charge in [0.15, 0.2) is 0 Å². The molecular formula is C17H15F5N2O3. The Labute approximate surface area is 150 Å².